The molecule has 5 nitrogen and oxygen atoms in total. The van der Waals surface area contributed by atoms with Crippen molar-refractivity contribution in [2.24, 2.45) is 0 Å². The molecule has 0 amide bonds. The Morgan fingerprint density at radius 1 is 1.50 bits per heavy atom. The highest BCUT2D eigenvalue weighted by atomic mass is 16.5. The summed E-state index contributed by atoms with van der Waals surface area (Å²) in [5, 5.41) is 7.70. The van der Waals surface area contributed by atoms with Gasteiger partial charge in [0.15, 0.2) is 5.65 Å². The molecule has 1 saturated heterocycles. The molecule has 1 N–H and O–H groups in total. The molecule has 0 aromatic carbocycles. The maximum absolute atomic E-state index is 5.58. The molecule has 18 heavy (non-hydrogen) atoms. The van der Waals surface area contributed by atoms with Gasteiger partial charge in [0.05, 0.1) is 6.10 Å². The van der Waals surface area contributed by atoms with Crippen LogP contribution in [0.5, 0.6) is 0 Å². The number of ether oxygens (including phenoxy) is 1. The Balaban J connectivity index is 1.62. The average Bonchev–Trinajstić information content (AvgIpc) is 2.98. The molecule has 5 heteroatoms. The van der Waals surface area contributed by atoms with Gasteiger partial charge >= 0.3 is 0 Å². The molecule has 3 rings (SSSR count). The number of rotatable bonds is 4. The SMILES string of the molecule is Cc1cccc2nc(NCCC3CCCO3)nn12. The van der Waals surface area contributed by atoms with Gasteiger partial charge in [-0.3, -0.25) is 0 Å². The van der Waals surface area contributed by atoms with Crippen LogP contribution < -0.4 is 5.32 Å². The van der Waals surface area contributed by atoms with Gasteiger partial charge in [-0.1, -0.05) is 6.07 Å². The van der Waals surface area contributed by atoms with Crippen molar-refractivity contribution in [1.29, 1.82) is 0 Å². The molecule has 2 aromatic rings. The molecule has 1 aliphatic heterocycles. The van der Waals surface area contributed by atoms with Crippen LogP contribution in [0, 0.1) is 6.92 Å². The molecule has 3 heterocycles. The van der Waals surface area contributed by atoms with Gasteiger partial charge in [-0.2, -0.15) is 4.98 Å². The lowest BCUT2D eigenvalue weighted by molar-refractivity contribution is 0.107. The van der Waals surface area contributed by atoms with Crippen LogP contribution in [-0.2, 0) is 4.74 Å². The fraction of sp³-hybridized carbons (Fsp3) is 0.538. The number of fused-ring (bicyclic) bond motifs is 1. The minimum absolute atomic E-state index is 0.413. The monoisotopic (exact) mass is 246 g/mol. The first-order valence-electron chi connectivity index (χ1n) is 6.51. The van der Waals surface area contributed by atoms with E-state index in [0.29, 0.717) is 12.1 Å². The van der Waals surface area contributed by atoms with E-state index in [1.807, 2.05) is 29.6 Å². The highest BCUT2D eigenvalue weighted by molar-refractivity contribution is 5.44. The van der Waals surface area contributed by atoms with Crippen molar-refractivity contribution in [3.8, 4) is 0 Å². The van der Waals surface area contributed by atoms with E-state index in [1.165, 1.54) is 12.8 Å². The molecule has 0 radical (unpaired) electrons. The maximum atomic E-state index is 5.58. The van der Waals surface area contributed by atoms with Crippen LogP contribution in [-0.4, -0.2) is 33.9 Å². The molecule has 0 saturated carbocycles. The molecular weight excluding hydrogens is 228 g/mol. The fourth-order valence-corrected chi connectivity index (χ4v) is 2.33. The Bertz CT molecular complexity index is 531. The highest BCUT2D eigenvalue weighted by Gasteiger charge is 2.15. The zero-order valence-corrected chi connectivity index (χ0v) is 10.6. The predicted octanol–water partition coefficient (Wildman–Crippen LogP) is 2.02. The van der Waals surface area contributed by atoms with E-state index in [9.17, 15) is 0 Å². The summed E-state index contributed by atoms with van der Waals surface area (Å²) in [6, 6.07) is 5.98. The Morgan fingerprint density at radius 2 is 2.44 bits per heavy atom. The molecule has 0 bridgehead atoms. The van der Waals surface area contributed by atoms with Crippen LogP contribution in [0.2, 0.25) is 0 Å². The first-order valence-corrected chi connectivity index (χ1v) is 6.51. The van der Waals surface area contributed by atoms with Gasteiger partial charge in [-0.05, 0) is 38.3 Å². The van der Waals surface area contributed by atoms with Crippen LogP contribution in [0.25, 0.3) is 5.65 Å². The minimum atomic E-state index is 0.413. The zero-order chi connectivity index (χ0) is 12.4. The summed E-state index contributed by atoms with van der Waals surface area (Å²) < 4.78 is 7.44. The van der Waals surface area contributed by atoms with Crippen LogP contribution in [0.15, 0.2) is 18.2 Å². The second-order valence-electron chi connectivity index (χ2n) is 4.72. The van der Waals surface area contributed by atoms with Crippen molar-refractivity contribution in [3.05, 3.63) is 23.9 Å². The highest BCUT2D eigenvalue weighted by Crippen LogP contribution is 2.15. The summed E-state index contributed by atoms with van der Waals surface area (Å²) in [5.74, 6) is 0.697. The Kier molecular flexibility index (Phi) is 3.15. The van der Waals surface area contributed by atoms with Crippen molar-refractivity contribution in [1.82, 2.24) is 14.6 Å². The summed E-state index contributed by atoms with van der Waals surface area (Å²) in [6.07, 6.45) is 3.81. The van der Waals surface area contributed by atoms with Crippen molar-refractivity contribution >= 4 is 11.6 Å². The molecule has 2 aromatic heterocycles. The summed E-state index contributed by atoms with van der Waals surface area (Å²) in [7, 11) is 0. The van der Waals surface area contributed by atoms with Gasteiger partial charge in [-0.25, -0.2) is 4.52 Å². The van der Waals surface area contributed by atoms with E-state index in [2.05, 4.69) is 15.4 Å². The van der Waals surface area contributed by atoms with Crippen molar-refractivity contribution in [3.63, 3.8) is 0 Å². The first kappa shape index (κ1) is 11.5. The Hall–Kier alpha value is -1.62. The third-order valence-electron chi connectivity index (χ3n) is 3.32. The minimum Gasteiger partial charge on any atom is -0.378 e. The maximum Gasteiger partial charge on any atom is 0.243 e. The summed E-state index contributed by atoms with van der Waals surface area (Å²) in [4.78, 5) is 4.44. The number of nitrogens with one attached hydrogen (secondary N) is 1. The first-order chi connectivity index (χ1) is 8.83. The molecule has 1 aliphatic rings. The Morgan fingerprint density at radius 3 is 3.22 bits per heavy atom. The van der Waals surface area contributed by atoms with Crippen LogP contribution in [0.3, 0.4) is 0 Å². The third-order valence-corrected chi connectivity index (χ3v) is 3.32. The third kappa shape index (κ3) is 2.31. The van der Waals surface area contributed by atoms with E-state index < -0.39 is 0 Å². The van der Waals surface area contributed by atoms with Crippen molar-refractivity contribution in [2.45, 2.75) is 32.3 Å². The lowest BCUT2D eigenvalue weighted by Gasteiger charge is -2.08. The number of hydrogen-bond donors (Lipinski definition) is 1. The zero-order valence-electron chi connectivity index (χ0n) is 10.6. The topological polar surface area (TPSA) is 51.5 Å². The van der Waals surface area contributed by atoms with Crippen LogP contribution in [0.1, 0.15) is 25.0 Å². The number of aryl methyl sites for hydroxylation is 1. The van der Waals surface area contributed by atoms with Crippen molar-refractivity contribution < 1.29 is 4.74 Å². The lowest BCUT2D eigenvalue weighted by Crippen LogP contribution is -2.13. The smallest absolute Gasteiger partial charge is 0.243 e. The average molecular weight is 246 g/mol. The van der Waals surface area contributed by atoms with Gasteiger partial charge in [0.25, 0.3) is 0 Å². The second kappa shape index (κ2) is 4.94. The number of nitrogens with zero attached hydrogens (tertiary/aromatic N) is 3. The second-order valence-corrected chi connectivity index (χ2v) is 4.72. The summed E-state index contributed by atoms with van der Waals surface area (Å²) >= 11 is 0. The number of pyridine rings is 1. The molecule has 1 atom stereocenters. The molecule has 1 fully saturated rings. The van der Waals surface area contributed by atoms with Gasteiger partial charge < -0.3 is 10.1 Å². The summed E-state index contributed by atoms with van der Waals surface area (Å²) in [6.45, 7) is 3.80. The quantitative estimate of drug-likeness (QED) is 0.896. The summed E-state index contributed by atoms with van der Waals surface area (Å²) in [5.41, 5.74) is 1.97. The largest absolute Gasteiger partial charge is 0.378 e. The van der Waals surface area contributed by atoms with E-state index in [-0.39, 0.29) is 0 Å². The van der Waals surface area contributed by atoms with E-state index in [0.717, 1.165) is 30.9 Å². The molecule has 0 aliphatic carbocycles. The van der Waals surface area contributed by atoms with E-state index in [1.54, 1.807) is 0 Å². The van der Waals surface area contributed by atoms with E-state index >= 15 is 0 Å². The standard InChI is InChI=1S/C13H18N4O/c1-10-4-2-6-12-15-13(16-17(10)12)14-8-7-11-5-3-9-18-11/h2,4,6,11H,3,5,7-9H2,1H3,(H,14,16). The normalized spacial score (nSPS) is 19.5. The molecular formula is C13H18N4O. The Labute approximate surface area is 106 Å². The lowest BCUT2D eigenvalue weighted by atomic mass is 10.2. The van der Waals surface area contributed by atoms with Crippen LogP contribution >= 0.6 is 0 Å². The van der Waals surface area contributed by atoms with Gasteiger partial charge in [0.1, 0.15) is 0 Å². The predicted molar refractivity (Wildman–Crippen MR) is 69.8 cm³/mol. The van der Waals surface area contributed by atoms with Gasteiger partial charge in [-0.15, -0.1) is 5.10 Å². The van der Waals surface area contributed by atoms with E-state index in [4.69, 9.17) is 4.74 Å². The van der Waals surface area contributed by atoms with Gasteiger partial charge in [0.2, 0.25) is 5.95 Å². The van der Waals surface area contributed by atoms with Crippen molar-refractivity contribution in [2.75, 3.05) is 18.5 Å². The number of aromatic nitrogens is 3. The molecule has 0 spiro atoms. The number of anilines is 1. The van der Waals surface area contributed by atoms with Gasteiger partial charge in [0, 0.05) is 18.8 Å². The molecule has 1 unspecified atom stereocenters. The molecule has 96 valence electrons. The fourth-order valence-electron chi connectivity index (χ4n) is 2.33. The van der Waals surface area contributed by atoms with Crippen LogP contribution in [0.4, 0.5) is 5.95 Å². The number of hydrogen-bond acceptors (Lipinski definition) is 4.